The van der Waals surface area contributed by atoms with Crippen LogP contribution in [-0.4, -0.2) is 19.7 Å². The molecule has 13 heavy (non-hydrogen) atoms. The largest absolute Gasteiger partial charge is 0.159 e. The van der Waals surface area contributed by atoms with Gasteiger partial charge < -0.3 is 0 Å². The summed E-state index contributed by atoms with van der Waals surface area (Å²) in [6.07, 6.45) is 1.76. The van der Waals surface area contributed by atoms with Gasteiger partial charge in [-0.25, -0.2) is 0 Å². The molecule has 0 bridgehead atoms. The molecular formula is C10H6N2Si. The van der Waals surface area contributed by atoms with Gasteiger partial charge in [-0.2, -0.15) is 10.2 Å². The van der Waals surface area contributed by atoms with Crippen molar-refractivity contribution in [1.82, 2.24) is 10.2 Å². The van der Waals surface area contributed by atoms with Crippen LogP contribution < -0.4 is 10.4 Å². The lowest BCUT2D eigenvalue weighted by molar-refractivity contribution is 1.05. The predicted molar refractivity (Wildman–Crippen MR) is 52.5 cm³/mol. The van der Waals surface area contributed by atoms with E-state index in [1.54, 1.807) is 6.20 Å². The molecule has 0 saturated carbocycles. The van der Waals surface area contributed by atoms with Crippen molar-refractivity contribution in [3.05, 3.63) is 36.5 Å². The molecule has 0 atom stereocenters. The maximum absolute atomic E-state index is 4.16. The second-order valence-electron chi connectivity index (χ2n) is 2.96. The minimum absolute atomic E-state index is 0.748. The van der Waals surface area contributed by atoms with Crippen LogP contribution >= 0.6 is 0 Å². The normalized spacial score (nSPS) is 12.3. The van der Waals surface area contributed by atoms with Crippen LogP contribution in [0.3, 0.4) is 0 Å². The number of hydrogen-bond acceptors (Lipinski definition) is 2. The first-order chi connectivity index (χ1) is 6.45. The van der Waals surface area contributed by atoms with Gasteiger partial charge in [0, 0.05) is 11.8 Å². The monoisotopic (exact) mass is 182 g/mol. The zero-order valence-electron chi connectivity index (χ0n) is 6.86. The first-order valence-electron chi connectivity index (χ1n) is 4.13. The molecule has 1 aromatic carbocycles. The molecule has 2 nitrogen and oxygen atoms in total. The highest BCUT2D eigenvalue weighted by atomic mass is 28.2. The maximum Gasteiger partial charge on any atom is 0.125 e. The summed E-state index contributed by atoms with van der Waals surface area (Å²) in [6, 6.07) is 10.5. The Morgan fingerprint density at radius 2 is 1.92 bits per heavy atom. The van der Waals surface area contributed by atoms with Crippen molar-refractivity contribution in [2.75, 3.05) is 0 Å². The number of hydrogen-bond donors (Lipinski definition) is 0. The standard InChI is InChI=1S/C10H6N2Si/c1-2-4-8-7(3-1)10-9(13-8)5-6-11-12-10/h1-6H. The van der Waals surface area contributed by atoms with E-state index >= 15 is 0 Å². The van der Waals surface area contributed by atoms with Gasteiger partial charge in [0.25, 0.3) is 0 Å². The van der Waals surface area contributed by atoms with Crippen LogP contribution in [0.5, 0.6) is 0 Å². The molecule has 0 saturated heterocycles. The van der Waals surface area contributed by atoms with Gasteiger partial charge in [0.15, 0.2) is 0 Å². The number of rotatable bonds is 0. The average molecular weight is 182 g/mol. The van der Waals surface area contributed by atoms with Gasteiger partial charge in [0.1, 0.15) is 9.52 Å². The Kier molecular flexibility index (Phi) is 1.34. The van der Waals surface area contributed by atoms with Crippen LogP contribution in [0.2, 0.25) is 0 Å². The number of aromatic nitrogens is 2. The summed E-state index contributed by atoms with van der Waals surface area (Å²) in [5.74, 6) is 0. The predicted octanol–water partition coefficient (Wildman–Crippen LogP) is 0.112. The Morgan fingerprint density at radius 1 is 1.00 bits per heavy atom. The lowest BCUT2D eigenvalue weighted by Gasteiger charge is -1.96. The molecule has 1 aliphatic heterocycles. The summed E-state index contributed by atoms with van der Waals surface area (Å²) in [4.78, 5) is 0. The van der Waals surface area contributed by atoms with Gasteiger partial charge in [-0.1, -0.05) is 24.3 Å². The Bertz CT molecular complexity index is 424. The summed E-state index contributed by atoms with van der Waals surface area (Å²) in [6.45, 7) is 0. The summed E-state index contributed by atoms with van der Waals surface area (Å²) in [7, 11) is 0.748. The third-order valence-electron chi connectivity index (χ3n) is 2.17. The molecule has 2 radical (unpaired) electrons. The van der Waals surface area contributed by atoms with Gasteiger partial charge >= 0.3 is 0 Å². The minimum Gasteiger partial charge on any atom is -0.159 e. The van der Waals surface area contributed by atoms with E-state index in [1.165, 1.54) is 15.9 Å². The van der Waals surface area contributed by atoms with E-state index in [9.17, 15) is 0 Å². The Hall–Kier alpha value is -1.48. The fourth-order valence-corrected chi connectivity index (χ4v) is 2.84. The lowest BCUT2D eigenvalue weighted by Crippen LogP contribution is -2.20. The van der Waals surface area contributed by atoms with Crippen molar-refractivity contribution in [2.45, 2.75) is 0 Å². The van der Waals surface area contributed by atoms with Crippen LogP contribution in [0, 0.1) is 0 Å². The molecular weight excluding hydrogens is 176 g/mol. The van der Waals surface area contributed by atoms with E-state index in [4.69, 9.17) is 0 Å². The smallest absolute Gasteiger partial charge is 0.125 e. The Balaban J connectivity index is 2.32. The molecule has 0 spiro atoms. The van der Waals surface area contributed by atoms with E-state index in [0.29, 0.717) is 0 Å². The highest BCUT2D eigenvalue weighted by Crippen LogP contribution is 2.15. The number of nitrogens with zero attached hydrogens (tertiary/aromatic N) is 2. The van der Waals surface area contributed by atoms with Gasteiger partial charge in [0.2, 0.25) is 0 Å². The van der Waals surface area contributed by atoms with E-state index in [0.717, 1.165) is 15.2 Å². The fourth-order valence-electron chi connectivity index (χ4n) is 1.58. The molecule has 0 aliphatic carbocycles. The third-order valence-corrected chi connectivity index (χ3v) is 3.55. The lowest BCUT2D eigenvalue weighted by atomic mass is 10.1. The van der Waals surface area contributed by atoms with Crippen LogP contribution in [0.4, 0.5) is 0 Å². The molecule has 1 aromatic heterocycles. The maximum atomic E-state index is 4.16. The Labute approximate surface area is 78.5 Å². The van der Waals surface area contributed by atoms with Crippen LogP contribution in [-0.2, 0) is 0 Å². The molecule has 2 heterocycles. The number of fused-ring (bicyclic) bond motifs is 3. The van der Waals surface area contributed by atoms with Gasteiger partial charge in [-0.05, 0) is 16.4 Å². The van der Waals surface area contributed by atoms with E-state index < -0.39 is 0 Å². The summed E-state index contributed by atoms with van der Waals surface area (Å²) >= 11 is 0. The molecule has 1 aliphatic rings. The second kappa shape index (κ2) is 2.50. The zero-order valence-corrected chi connectivity index (χ0v) is 7.86. The molecule has 2 aromatic rings. The molecule has 3 rings (SSSR count). The highest BCUT2D eigenvalue weighted by Gasteiger charge is 2.19. The molecule has 0 fully saturated rings. The summed E-state index contributed by atoms with van der Waals surface area (Å²) in [5, 5.41) is 10.8. The van der Waals surface area contributed by atoms with Crippen molar-refractivity contribution >= 4 is 19.9 Å². The van der Waals surface area contributed by atoms with Gasteiger partial charge in [0.05, 0.1) is 5.69 Å². The average Bonchev–Trinajstić information content (AvgIpc) is 2.56. The van der Waals surface area contributed by atoms with Gasteiger partial charge in [-0.3, -0.25) is 0 Å². The first-order valence-corrected chi connectivity index (χ1v) is 5.13. The van der Waals surface area contributed by atoms with Gasteiger partial charge in [-0.15, -0.1) is 0 Å². The molecule has 0 amide bonds. The molecule has 60 valence electrons. The second-order valence-corrected chi connectivity index (χ2v) is 4.29. The van der Waals surface area contributed by atoms with Crippen molar-refractivity contribution < 1.29 is 0 Å². The quantitative estimate of drug-likeness (QED) is 0.461. The molecule has 0 N–H and O–H groups in total. The zero-order chi connectivity index (χ0) is 8.67. The summed E-state index contributed by atoms with van der Waals surface area (Å²) in [5.41, 5.74) is 2.32. The van der Waals surface area contributed by atoms with Crippen LogP contribution in [0.15, 0.2) is 36.5 Å². The van der Waals surface area contributed by atoms with Crippen molar-refractivity contribution in [3.63, 3.8) is 0 Å². The third kappa shape index (κ3) is 0.938. The van der Waals surface area contributed by atoms with E-state index in [2.05, 4.69) is 34.5 Å². The fraction of sp³-hybridized carbons (Fsp3) is 0. The van der Waals surface area contributed by atoms with Crippen LogP contribution in [0.1, 0.15) is 0 Å². The first kappa shape index (κ1) is 6.97. The minimum atomic E-state index is 0.748. The van der Waals surface area contributed by atoms with Crippen LogP contribution in [0.25, 0.3) is 11.3 Å². The SMILES string of the molecule is c1ccc2c(c1)[Si]c1ccnnc1-2. The number of benzene rings is 1. The Morgan fingerprint density at radius 3 is 2.92 bits per heavy atom. The summed E-state index contributed by atoms with van der Waals surface area (Å²) < 4.78 is 0. The van der Waals surface area contributed by atoms with Crippen molar-refractivity contribution in [1.29, 1.82) is 0 Å². The van der Waals surface area contributed by atoms with E-state index in [1.807, 2.05) is 6.07 Å². The topological polar surface area (TPSA) is 25.8 Å². The van der Waals surface area contributed by atoms with Crippen molar-refractivity contribution in [2.24, 2.45) is 0 Å². The van der Waals surface area contributed by atoms with Crippen molar-refractivity contribution in [3.8, 4) is 11.3 Å². The molecule has 3 heteroatoms. The highest BCUT2D eigenvalue weighted by molar-refractivity contribution is 6.73. The van der Waals surface area contributed by atoms with E-state index in [-0.39, 0.29) is 0 Å². The molecule has 0 unspecified atom stereocenters.